The molecule has 0 saturated heterocycles. The minimum atomic E-state index is 0.747. The first-order valence-electron chi connectivity index (χ1n) is 7.33. The van der Waals surface area contributed by atoms with Crippen LogP contribution in [0.1, 0.15) is 44.1 Å². The second kappa shape index (κ2) is 5.31. The van der Waals surface area contributed by atoms with Crippen LogP contribution in [0.5, 0.6) is 5.75 Å². The topological polar surface area (TPSA) is 21.3 Å². The van der Waals surface area contributed by atoms with Gasteiger partial charge in [-0.25, -0.2) is 0 Å². The lowest BCUT2D eigenvalue weighted by molar-refractivity contribution is 0.245. The maximum atomic E-state index is 5.49. The molecule has 0 spiro atoms. The molecule has 1 aromatic carbocycles. The van der Waals surface area contributed by atoms with E-state index in [9.17, 15) is 0 Å². The van der Waals surface area contributed by atoms with Crippen molar-refractivity contribution < 1.29 is 4.74 Å². The van der Waals surface area contributed by atoms with Gasteiger partial charge >= 0.3 is 0 Å². The predicted molar refractivity (Wildman–Crippen MR) is 74.1 cm³/mol. The van der Waals surface area contributed by atoms with E-state index >= 15 is 0 Å². The van der Waals surface area contributed by atoms with Gasteiger partial charge in [-0.15, -0.1) is 0 Å². The molecule has 2 unspecified atom stereocenters. The van der Waals surface area contributed by atoms with Gasteiger partial charge in [0.05, 0.1) is 6.61 Å². The fraction of sp³-hybridized carbons (Fsp3) is 0.625. The van der Waals surface area contributed by atoms with Gasteiger partial charge in [0, 0.05) is 6.04 Å². The molecule has 0 aliphatic heterocycles. The Kier molecular flexibility index (Phi) is 3.55. The summed E-state index contributed by atoms with van der Waals surface area (Å²) < 4.78 is 5.49. The molecule has 2 atom stereocenters. The number of benzene rings is 1. The second-order valence-electron chi connectivity index (χ2n) is 5.63. The van der Waals surface area contributed by atoms with E-state index in [1.54, 1.807) is 0 Å². The molecule has 2 saturated carbocycles. The lowest BCUT2D eigenvalue weighted by Crippen LogP contribution is -2.34. The summed E-state index contributed by atoms with van der Waals surface area (Å²) >= 11 is 0. The number of nitrogens with one attached hydrogen (secondary N) is 1. The fourth-order valence-electron chi connectivity index (χ4n) is 2.84. The number of hydrogen-bond donors (Lipinski definition) is 1. The van der Waals surface area contributed by atoms with Crippen molar-refractivity contribution in [3.63, 3.8) is 0 Å². The first kappa shape index (κ1) is 12.0. The van der Waals surface area contributed by atoms with Crippen LogP contribution in [0, 0.1) is 5.92 Å². The van der Waals surface area contributed by atoms with Crippen LogP contribution >= 0.6 is 0 Å². The molecule has 98 valence electrons. The van der Waals surface area contributed by atoms with Gasteiger partial charge in [-0.05, 0) is 68.7 Å². The molecule has 0 heterocycles. The number of rotatable bonds is 6. The molecule has 2 aliphatic rings. The SMILES string of the molecule is CCOc1ccc(C2CCC2CNC2CC2)cc1. The van der Waals surface area contributed by atoms with Crippen molar-refractivity contribution in [2.45, 2.75) is 44.6 Å². The van der Waals surface area contributed by atoms with Crippen LogP contribution in [-0.2, 0) is 0 Å². The summed E-state index contributed by atoms with van der Waals surface area (Å²) in [4.78, 5) is 0. The molecule has 0 aromatic heterocycles. The van der Waals surface area contributed by atoms with Crippen LogP contribution in [-0.4, -0.2) is 19.2 Å². The Hall–Kier alpha value is -1.02. The van der Waals surface area contributed by atoms with Gasteiger partial charge in [0.2, 0.25) is 0 Å². The van der Waals surface area contributed by atoms with E-state index < -0.39 is 0 Å². The highest BCUT2D eigenvalue weighted by molar-refractivity contribution is 5.31. The van der Waals surface area contributed by atoms with E-state index in [0.717, 1.165) is 30.2 Å². The third-order valence-corrected chi connectivity index (χ3v) is 4.28. The Morgan fingerprint density at radius 3 is 2.44 bits per heavy atom. The van der Waals surface area contributed by atoms with Crippen LogP contribution in [0.4, 0.5) is 0 Å². The van der Waals surface area contributed by atoms with Gasteiger partial charge in [0.1, 0.15) is 5.75 Å². The molecule has 0 bridgehead atoms. The molecule has 0 radical (unpaired) electrons. The van der Waals surface area contributed by atoms with E-state index in [1.807, 2.05) is 6.92 Å². The molecule has 2 heteroatoms. The largest absolute Gasteiger partial charge is 0.494 e. The van der Waals surface area contributed by atoms with Gasteiger partial charge < -0.3 is 10.1 Å². The summed E-state index contributed by atoms with van der Waals surface area (Å²) in [6.45, 7) is 3.98. The fourth-order valence-corrected chi connectivity index (χ4v) is 2.84. The van der Waals surface area contributed by atoms with Crippen molar-refractivity contribution in [1.82, 2.24) is 5.32 Å². The average Bonchev–Trinajstić information content (AvgIpc) is 3.15. The van der Waals surface area contributed by atoms with Gasteiger partial charge in [0.25, 0.3) is 0 Å². The molecular formula is C16H23NO. The lowest BCUT2D eigenvalue weighted by atomic mass is 9.70. The molecule has 0 amide bonds. The van der Waals surface area contributed by atoms with Gasteiger partial charge in [-0.3, -0.25) is 0 Å². The summed E-state index contributed by atoms with van der Waals surface area (Å²) in [6.07, 6.45) is 5.52. The summed E-state index contributed by atoms with van der Waals surface area (Å²) in [5.74, 6) is 2.61. The number of ether oxygens (including phenoxy) is 1. The zero-order chi connectivity index (χ0) is 12.4. The Labute approximate surface area is 110 Å². The van der Waals surface area contributed by atoms with Crippen LogP contribution in [0.2, 0.25) is 0 Å². The van der Waals surface area contributed by atoms with Crippen LogP contribution in [0.25, 0.3) is 0 Å². The molecular weight excluding hydrogens is 222 g/mol. The van der Waals surface area contributed by atoms with Crippen molar-refractivity contribution in [1.29, 1.82) is 0 Å². The lowest BCUT2D eigenvalue weighted by Gasteiger charge is -2.37. The Morgan fingerprint density at radius 1 is 1.11 bits per heavy atom. The monoisotopic (exact) mass is 245 g/mol. The molecule has 1 N–H and O–H groups in total. The van der Waals surface area contributed by atoms with E-state index in [1.165, 1.54) is 37.8 Å². The van der Waals surface area contributed by atoms with Crippen molar-refractivity contribution >= 4 is 0 Å². The first-order valence-corrected chi connectivity index (χ1v) is 7.33. The molecule has 18 heavy (non-hydrogen) atoms. The summed E-state index contributed by atoms with van der Waals surface area (Å²) in [6, 6.07) is 9.56. The highest BCUT2D eigenvalue weighted by atomic mass is 16.5. The van der Waals surface area contributed by atoms with Crippen LogP contribution in [0.3, 0.4) is 0 Å². The minimum Gasteiger partial charge on any atom is -0.494 e. The summed E-state index contributed by atoms with van der Waals surface area (Å²) in [7, 11) is 0. The van der Waals surface area contributed by atoms with Crippen molar-refractivity contribution in [2.75, 3.05) is 13.2 Å². The Balaban J connectivity index is 1.55. The molecule has 3 rings (SSSR count). The molecule has 1 aromatic rings. The quantitative estimate of drug-likeness (QED) is 0.830. The second-order valence-corrected chi connectivity index (χ2v) is 5.63. The van der Waals surface area contributed by atoms with Crippen LogP contribution < -0.4 is 10.1 Å². The van der Waals surface area contributed by atoms with Crippen molar-refractivity contribution in [2.24, 2.45) is 5.92 Å². The van der Waals surface area contributed by atoms with Crippen molar-refractivity contribution in [3.8, 4) is 5.75 Å². The first-order chi connectivity index (χ1) is 8.86. The van der Waals surface area contributed by atoms with Crippen LogP contribution in [0.15, 0.2) is 24.3 Å². The third-order valence-electron chi connectivity index (χ3n) is 4.28. The van der Waals surface area contributed by atoms with Crippen molar-refractivity contribution in [3.05, 3.63) is 29.8 Å². The highest BCUT2D eigenvalue weighted by Gasteiger charge is 2.33. The normalized spacial score (nSPS) is 26.7. The Bertz CT molecular complexity index is 383. The van der Waals surface area contributed by atoms with Gasteiger partial charge in [-0.1, -0.05) is 12.1 Å². The zero-order valence-electron chi connectivity index (χ0n) is 11.2. The maximum Gasteiger partial charge on any atom is 0.119 e. The van der Waals surface area contributed by atoms with E-state index in [2.05, 4.69) is 29.6 Å². The standard InChI is InChI=1S/C16H23NO/c1-2-18-15-8-3-12(4-9-15)16-10-5-13(16)11-17-14-6-7-14/h3-4,8-9,13-14,16-17H,2,5-7,10-11H2,1H3. The van der Waals surface area contributed by atoms with E-state index in [0.29, 0.717) is 0 Å². The molecule has 2 fully saturated rings. The van der Waals surface area contributed by atoms with E-state index in [4.69, 9.17) is 4.74 Å². The smallest absolute Gasteiger partial charge is 0.119 e. The summed E-state index contributed by atoms with van der Waals surface area (Å²) in [5.41, 5.74) is 1.49. The maximum absolute atomic E-state index is 5.49. The third kappa shape index (κ3) is 2.69. The minimum absolute atomic E-state index is 0.747. The number of hydrogen-bond acceptors (Lipinski definition) is 2. The zero-order valence-corrected chi connectivity index (χ0v) is 11.2. The molecule has 2 nitrogen and oxygen atoms in total. The summed E-state index contributed by atoms with van der Waals surface area (Å²) in [5, 5.41) is 3.67. The highest BCUT2D eigenvalue weighted by Crippen LogP contribution is 2.42. The van der Waals surface area contributed by atoms with Gasteiger partial charge in [-0.2, -0.15) is 0 Å². The average molecular weight is 245 g/mol. The molecule has 2 aliphatic carbocycles. The van der Waals surface area contributed by atoms with Gasteiger partial charge in [0.15, 0.2) is 0 Å². The Morgan fingerprint density at radius 2 is 1.89 bits per heavy atom. The predicted octanol–water partition coefficient (Wildman–Crippen LogP) is 3.33. The van der Waals surface area contributed by atoms with E-state index in [-0.39, 0.29) is 0 Å².